The van der Waals surface area contributed by atoms with Gasteiger partial charge >= 0.3 is 6.36 Å². The highest BCUT2D eigenvalue weighted by Gasteiger charge is 2.41. The fourth-order valence-corrected chi connectivity index (χ4v) is 5.52. The first-order valence-corrected chi connectivity index (χ1v) is 12.5. The van der Waals surface area contributed by atoms with Crippen molar-refractivity contribution in [3.8, 4) is 22.9 Å². The Kier molecular flexibility index (Phi) is 7.18. The van der Waals surface area contributed by atoms with Crippen LogP contribution in [0.25, 0.3) is 11.4 Å². The van der Waals surface area contributed by atoms with Crippen molar-refractivity contribution in [3.05, 3.63) is 53.0 Å². The summed E-state index contributed by atoms with van der Waals surface area (Å²) in [6, 6.07) is 11.4. The quantitative estimate of drug-likeness (QED) is 0.306. The Morgan fingerprint density at radius 3 is 2.47 bits per heavy atom. The fraction of sp³-hybridized carbons (Fsp3) is 0.375. The highest BCUT2D eigenvalue weighted by molar-refractivity contribution is 7.98. The molecule has 3 aromatic rings. The molecule has 0 radical (unpaired) electrons. The molecule has 5 nitrogen and oxygen atoms in total. The van der Waals surface area contributed by atoms with Gasteiger partial charge in [0.05, 0.1) is 5.75 Å². The third-order valence-corrected chi connectivity index (χ3v) is 7.58. The highest BCUT2D eigenvalue weighted by Crippen LogP contribution is 2.37. The maximum atomic E-state index is 12.3. The van der Waals surface area contributed by atoms with E-state index in [1.54, 1.807) is 18.7 Å². The van der Waals surface area contributed by atoms with Crippen LogP contribution in [0.2, 0.25) is 0 Å². The zero-order chi connectivity index (χ0) is 24.3. The van der Waals surface area contributed by atoms with Crippen LogP contribution in [0.3, 0.4) is 0 Å². The summed E-state index contributed by atoms with van der Waals surface area (Å²) in [6.07, 6.45) is -1.20. The lowest BCUT2D eigenvalue weighted by atomic mass is 9.97. The first-order chi connectivity index (χ1) is 16.1. The molecule has 0 atom stereocenters. The van der Waals surface area contributed by atoms with Gasteiger partial charge in [-0.05, 0) is 99.1 Å². The second kappa shape index (κ2) is 9.95. The molecule has 0 N–H and O–H groups in total. The van der Waals surface area contributed by atoms with E-state index in [0.29, 0.717) is 17.1 Å². The van der Waals surface area contributed by atoms with E-state index in [9.17, 15) is 18.0 Å². The Bertz CT molecular complexity index is 1160. The van der Waals surface area contributed by atoms with Gasteiger partial charge in [0.25, 0.3) is 0 Å². The van der Waals surface area contributed by atoms with Crippen molar-refractivity contribution >= 4 is 29.1 Å². The summed E-state index contributed by atoms with van der Waals surface area (Å²) < 4.78 is 51.4. The number of halogens is 3. The third-order valence-electron chi connectivity index (χ3n) is 5.68. The third kappa shape index (κ3) is 5.90. The normalized spacial score (nSPS) is 15.3. The Balaban J connectivity index is 1.37. The first kappa shape index (κ1) is 24.5. The van der Waals surface area contributed by atoms with E-state index in [0.717, 1.165) is 46.9 Å². The van der Waals surface area contributed by atoms with Crippen LogP contribution in [0, 0.1) is 6.92 Å². The average molecular weight is 509 g/mol. The predicted molar refractivity (Wildman–Crippen MR) is 125 cm³/mol. The molecule has 10 heteroatoms. The zero-order valence-electron chi connectivity index (χ0n) is 18.6. The number of ketones is 1. The molecule has 0 saturated heterocycles. The lowest BCUT2D eigenvalue weighted by molar-refractivity contribution is -0.274. The SMILES string of the molecule is CC(=O)C1(Oc2ccc(SCc3nc(-c4ccc(OC(F)(F)F)cc4)ns3)cc2C)CCCC1. The van der Waals surface area contributed by atoms with Gasteiger partial charge in [-0.15, -0.1) is 24.9 Å². The van der Waals surface area contributed by atoms with E-state index in [2.05, 4.69) is 14.1 Å². The number of ether oxygens (including phenoxy) is 2. The largest absolute Gasteiger partial charge is 0.573 e. The molecule has 0 bridgehead atoms. The molecule has 34 heavy (non-hydrogen) atoms. The molecule has 0 aliphatic heterocycles. The summed E-state index contributed by atoms with van der Waals surface area (Å²) in [5.74, 6) is 1.59. The van der Waals surface area contributed by atoms with Crippen molar-refractivity contribution in [1.29, 1.82) is 0 Å². The molecule has 4 rings (SSSR count). The predicted octanol–water partition coefficient (Wildman–Crippen LogP) is 6.99. The van der Waals surface area contributed by atoms with E-state index in [1.807, 2.05) is 25.1 Å². The smallest absolute Gasteiger partial charge is 0.479 e. The molecule has 1 aromatic heterocycles. The molecule has 1 saturated carbocycles. The average Bonchev–Trinajstić information content (AvgIpc) is 3.44. The number of carbonyl (C=O) groups excluding carboxylic acids is 1. The summed E-state index contributed by atoms with van der Waals surface area (Å²) in [7, 11) is 0. The Hall–Kier alpha value is -2.59. The van der Waals surface area contributed by atoms with Crippen LogP contribution in [-0.2, 0) is 10.5 Å². The second-order valence-corrected chi connectivity index (χ2v) is 10.0. The van der Waals surface area contributed by atoms with Crippen LogP contribution < -0.4 is 9.47 Å². The number of aryl methyl sites for hydroxylation is 1. The molecule has 1 fully saturated rings. The summed E-state index contributed by atoms with van der Waals surface area (Å²) in [5.41, 5.74) is 0.890. The van der Waals surface area contributed by atoms with Crippen molar-refractivity contribution in [1.82, 2.24) is 9.36 Å². The minimum Gasteiger partial charge on any atom is -0.479 e. The monoisotopic (exact) mass is 508 g/mol. The lowest BCUT2D eigenvalue weighted by Crippen LogP contribution is -2.40. The number of aromatic nitrogens is 2. The fourth-order valence-electron chi connectivity index (χ4n) is 3.89. The zero-order valence-corrected chi connectivity index (χ0v) is 20.3. The standard InChI is InChI=1S/C24H23F3N2O3S2/c1-15-13-19(9-10-20(15)32-23(16(2)30)11-3-4-12-23)33-14-21-28-22(29-34-21)17-5-7-18(8-6-17)31-24(25,26)27/h5-10,13H,3-4,11-12,14H2,1-2H3. The van der Waals surface area contributed by atoms with Gasteiger partial charge in [-0.1, -0.05) is 0 Å². The van der Waals surface area contributed by atoms with Crippen LogP contribution >= 0.6 is 23.3 Å². The van der Waals surface area contributed by atoms with Crippen LogP contribution in [0.5, 0.6) is 11.5 Å². The first-order valence-electron chi connectivity index (χ1n) is 10.8. The minimum atomic E-state index is -4.72. The molecular weight excluding hydrogens is 485 g/mol. The number of thioether (sulfide) groups is 1. The lowest BCUT2D eigenvalue weighted by Gasteiger charge is -2.28. The van der Waals surface area contributed by atoms with Crippen molar-refractivity contribution in [2.75, 3.05) is 0 Å². The van der Waals surface area contributed by atoms with Crippen molar-refractivity contribution in [2.24, 2.45) is 0 Å². The molecule has 1 aliphatic carbocycles. The molecule has 0 amide bonds. The Labute approximate surface area is 203 Å². The van der Waals surface area contributed by atoms with Crippen LogP contribution in [0.15, 0.2) is 47.4 Å². The number of alkyl halides is 3. The van der Waals surface area contributed by atoms with Gasteiger partial charge in [0.1, 0.15) is 16.5 Å². The number of nitrogens with zero attached hydrogens (tertiary/aromatic N) is 2. The van der Waals surface area contributed by atoms with Gasteiger partial charge in [-0.3, -0.25) is 4.79 Å². The van der Waals surface area contributed by atoms with Crippen molar-refractivity contribution in [2.45, 2.75) is 62.1 Å². The number of carbonyl (C=O) groups is 1. The molecule has 1 aliphatic rings. The highest BCUT2D eigenvalue weighted by atomic mass is 32.2. The number of Topliss-reactive ketones (excluding diaryl/α,β-unsaturated/α-hetero) is 1. The number of hydrogen-bond donors (Lipinski definition) is 0. The van der Waals surface area contributed by atoms with E-state index < -0.39 is 12.0 Å². The Morgan fingerprint density at radius 2 is 1.85 bits per heavy atom. The summed E-state index contributed by atoms with van der Waals surface area (Å²) >= 11 is 2.86. The van der Waals surface area contributed by atoms with Gasteiger partial charge in [0, 0.05) is 10.5 Å². The molecule has 180 valence electrons. The van der Waals surface area contributed by atoms with Crippen LogP contribution in [0.1, 0.15) is 43.2 Å². The molecule has 2 aromatic carbocycles. The van der Waals surface area contributed by atoms with Gasteiger partial charge < -0.3 is 9.47 Å². The minimum absolute atomic E-state index is 0.0810. The van der Waals surface area contributed by atoms with Gasteiger partial charge in [-0.25, -0.2) is 4.98 Å². The summed E-state index contributed by atoms with van der Waals surface area (Å²) in [6.45, 7) is 3.57. The van der Waals surface area contributed by atoms with E-state index >= 15 is 0 Å². The molecular formula is C24H23F3N2O3S2. The van der Waals surface area contributed by atoms with Crippen LogP contribution in [-0.4, -0.2) is 27.1 Å². The number of rotatable bonds is 8. The van der Waals surface area contributed by atoms with Gasteiger partial charge in [-0.2, -0.15) is 4.37 Å². The van der Waals surface area contributed by atoms with Gasteiger partial charge in [0.2, 0.25) is 0 Å². The Morgan fingerprint density at radius 1 is 1.15 bits per heavy atom. The van der Waals surface area contributed by atoms with Gasteiger partial charge in [0.15, 0.2) is 17.2 Å². The molecule has 0 spiro atoms. The summed E-state index contributed by atoms with van der Waals surface area (Å²) in [5, 5.41) is 0.801. The topological polar surface area (TPSA) is 61.3 Å². The van der Waals surface area contributed by atoms with Crippen molar-refractivity contribution < 1.29 is 27.4 Å². The second-order valence-electron chi connectivity index (χ2n) is 8.16. The summed E-state index contributed by atoms with van der Waals surface area (Å²) in [4.78, 5) is 17.7. The number of hydrogen-bond acceptors (Lipinski definition) is 7. The maximum Gasteiger partial charge on any atom is 0.573 e. The van der Waals surface area contributed by atoms with Crippen molar-refractivity contribution in [3.63, 3.8) is 0 Å². The molecule has 1 heterocycles. The maximum absolute atomic E-state index is 12.3. The molecule has 0 unspecified atom stereocenters. The van der Waals surface area contributed by atoms with Crippen LogP contribution in [0.4, 0.5) is 13.2 Å². The number of benzene rings is 2. The van der Waals surface area contributed by atoms with E-state index in [1.165, 1.54) is 35.8 Å². The van der Waals surface area contributed by atoms with E-state index in [4.69, 9.17) is 4.74 Å². The van der Waals surface area contributed by atoms with E-state index in [-0.39, 0.29) is 11.5 Å².